The van der Waals surface area contributed by atoms with Gasteiger partial charge in [0.05, 0.1) is 12.8 Å². The van der Waals surface area contributed by atoms with Crippen LogP contribution in [-0.4, -0.2) is 35.5 Å². The van der Waals surface area contributed by atoms with Crippen molar-refractivity contribution in [3.63, 3.8) is 0 Å². The van der Waals surface area contributed by atoms with E-state index in [0.717, 1.165) is 42.8 Å². The molecule has 0 aromatic carbocycles. The van der Waals surface area contributed by atoms with Gasteiger partial charge in [-0.1, -0.05) is 6.42 Å². The highest BCUT2D eigenvalue weighted by atomic mass is 32.1. The SMILES string of the molecule is COC(=O)C1CCCCN1Cc1nc(-c2ccsc2)oc1C. The van der Waals surface area contributed by atoms with Crippen molar-refractivity contribution >= 4 is 17.3 Å². The lowest BCUT2D eigenvalue weighted by Gasteiger charge is -2.33. The fourth-order valence-electron chi connectivity index (χ4n) is 2.86. The van der Waals surface area contributed by atoms with Gasteiger partial charge in [0, 0.05) is 17.5 Å². The third kappa shape index (κ3) is 3.08. The van der Waals surface area contributed by atoms with Gasteiger partial charge in [-0.05, 0) is 37.8 Å². The number of methoxy groups -OCH3 is 1. The van der Waals surface area contributed by atoms with Gasteiger partial charge < -0.3 is 9.15 Å². The molecule has 6 heteroatoms. The van der Waals surface area contributed by atoms with Crippen molar-refractivity contribution in [1.29, 1.82) is 0 Å². The van der Waals surface area contributed by atoms with Crippen molar-refractivity contribution in [2.45, 2.75) is 38.8 Å². The molecule has 1 saturated heterocycles. The van der Waals surface area contributed by atoms with Crippen LogP contribution >= 0.6 is 11.3 Å². The number of hydrogen-bond acceptors (Lipinski definition) is 6. The number of aromatic nitrogens is 1. The summed E-state index contributed by atoms with van der Waals surface area (Å²) in [5, 5.41) is 4.03. The second kappa shape index (κ2) is 6.62. The number of likely N-dealkylation sites (tertiary alicyclic amines) is 1. The summed E-state index contributed by atoms with van der Waals surface area (Å²) in [6.07, 6.45) is 3.01. The third-order valence-electron chi connectivity index (χ3n) is 4.10. The van der Waals surface area contributed by atoms with E-state index in [9.17, 15) is 4.79 Å². The Labute approximate surface area is 133 Å². The lowest BCUT2D eigenvalue weighted by molar-refractivity contribution is -0.148. The van der Waals surface area contributed by atoms with E-state index < -0.39 is 0 Å². The van der Waals surface area contributed by atoms with E-state index in [1.54, 1.807) is 11.3 Å². The molecule has 1 fully saturated rings. The minimum Gasteiger partial charge on any atom is -0.468 e. The minimum atomic E-state index is -0.167. The topological polar surface area (TPSA) is 55.6 Å². The molecule has 5 nitrogen and oxygen atoms in total. The van der Waals surface area contributed by atoms with Crippen LogP contribution in [0.25, 0.3) is 11.5 Å². The van der Waals surface area contributed by atoms with E-state index >= 15 is 0 Å². The summed E-state index contributed by atoms with van der Waals surface area (Å²) in [5.74, 6) is 1.31. The zero-order valence-corrected chi connectivity index (χ0v) is 13.7. The number of esters is 1. The van der Waals surface area contributed by atoms with Crippen molar-refractivity contribution in [1.82, 2.24) is 9.88 Å². The Morgan fingerprint density at radius 3 is 3.14 bits per heavy atom. The van der Waals surface area contributed by atoms with E-state index in [0.29, 0.717) is 12.4 Å². The number of oxazole rings is 1. The molecule has 0 spiro atoms. The molecule has 0 N–H and O–H groups in total. The molecule has 2 aromatic rings. The largest absolute Gasteiger partial charge is 0.468 e. The van der Waals surface area contributed by atoms with Crippen LogP contribution in [0.2, 0.25) is 0 Å². The lowest BCUT2D eigenvalue weighted by atomic mass is 10.0. The van der Waals surface area contributed by atoms with E-state index in [1.165, 1.54) is 7.11 Å². The summed E-state index contributed by atoms with van der Waals surface area (Å²) in [7, 11) is 1.45. The monoisotopic (exact) mass is 320 g/mol. The molecule has 0 aliphatic carbocycles. The molecule has 0 bridgehead atoms. The first kappa shape index (κ1) is 15.2. The normalized spacial score (nSPS) is 19.3. The molecule has 3 heterocycles. The van der Waals surface area contributed by atoms with Crippen LogP contribution in [0.5, 0.6) is 0 Å². The lowest BCUT2D eigenvalue weighted by Crippen LogP contribution is -2.44. The molecule has 0 radical (unpaired) electrons. The zero-order valence-electron chi connectivity index (χ0n) is 12.9. The van der Waals surface area contributed by atoms with E-state index in [-0.39, 0.29) is 12.0 Å². The smallest absolute Gasteiger partial charge is 0.323 e. The number of thiophene rings is 1. The Balaban J connectivity index is 1.78. The molecule has 0 saturated carbocycles. The third-order valence-corrected chi connectivity index (χ3v) is 4.78. The summed E-state index contributed by atoms with van der Waals surface area (Å²) in [5.41, 5.74) is 1.90. The number of piperidine rings is 1. The summed E-state index contributed by atoms with van der Waals surface area (Å²) in [6.45, 7) is 3.44. The molecule has 2 aromatic heterocycles. The molecule has 1 unspecified atom stereocenters. The van der Waals surface area contributed by atoms with E-state index in [4.69, 9.17) is 9.15 Å². The number of carbonyl (C=O) groups is 1. The first-order chi connectivity index (χ1) is 10.7. The average molecular weight is 320 g/mol. The predicted octanol–water partition coefficient (Wildman–Crippen LogP) is 3.24. The van der Waals surface area contributed by atoms with Crippen LogP contribution in [0.15, 0.2) is 21.2 Å². The Morgan fingerprint density at radius 1 is 1.55 bits per heavy atom. The van der Waals surface area contributed by atoms with Crippen LogP contribution in [0.4, 0.5) is 0 Å². The number of carbonyl (C=O) groups excluding carboxylic acids is 1. The summed E-state index contributed by atoms with van der Waals surface area (Å²) < 4.78 is 10.7. The molecule has 118 valence electrons. The molecule has 3 rings (SSSR count). The Bertz CT molecular complexity index is 636. The van der Waals surface area contributed by atoms with Gasteiger partial charge in [-0.2, -0.15) is 11.3 Å². The van der Waals surface area contributed by atoms with E-state index in [1.807, 2.05) is 23.8 Å². The van der Waals surface area contributed by atoms with Crippen molar-refractivity contribution in [2.75, 3.05) is 13.7 Å². The van der Waals surface area contributed by atoms with Gasteiger partial charge in [0.25, 0.3) is 0 Å². The number of aryl methyl sites for hydroxylation is 1. The number of hydrogen-bond donors (Lipinski definition) is 0. The average Bonchev–Trinajstić information content (AvgIpc) is 3.17. The van der Waals surface area contributed by atoms with Gasteiger partial charge in [0.2, 0.25) is 5.89 Å². The van der Waals surface area contributed by atoms with Crippen molar-refractivity contribution in [3.05, 3.63) is 28.3 Å². The standard InChI is InChI=1S/C16H20N2O3S/c1-11-13(17-15(21-11)12-6-8-22-10-12)9-18-7-4-3-5-14(18)16(19)20-2/h6,8,10,14H,3-5,7,9H2,1-2H3. The summed E-state index contributed by atoms with van der Waals surface area (Å²) in [4.78, 5) is 18.7. The quantitative estimate of drug-likeness (QED) is 0.810. The van der Waals surface area contributed by atoms with Crippen LogP contribution in [-0.2, 0) is 16.1 Å². The van der Waals surface area contributed by atoms with Crippen LogP contribution in [0, 0.1) is 6.92 Å². The maximum atomic E-state index is 11.9. The second-order valence-corrected chi connectivity index (χ2v) is 6.32. The Kier molecular flexibility index (Phi) is 4.59. The number of rotatable bonds is 4. The highest BCUT2D eigenvalue weighted by Crippen LogP contribution is 2.26. The first-order valence-corrected chi connectivity index (χ1v) is 8.44. The van der Waals surface area contributed by atoms with Crippen molar-refractivity contribution in [3.8, 4) is 11.5 Å². The van der Waals surface area contributed by atoms with E-state index in [2.05, 4.69) is 9.88 Å². The maximum absolute atomic E-state index is 11.9. The highest BCUT2D eigenvalue weighted by Gasteiger charge is 2.30. The molecule has 0 amide bonds. The van der Waals surface area contributed by atoms with Gasteiger partial charge in [0.15, 0.2) is 0 Å². The van der Waals surface area contributed by atoms with Gasteiger partial charge in [-0.15, -0.1) is 0 Å². The molecule has 1 aliphatic heterocycles. The van der Waals surface area contributed by atoms with Crippen LogP contribution < -0.4 is 0 Å². The Hall–Kier alpha value is -1.66. The van der Waals surface area contributed by atoms with Crippen molar-refractivity contribution in [2.24, 2.45) is 0 Å². The minimum absolute atomic E-state index is 0.154. The molecular weight excluding hydrogens is 300 g/mol. The number of nitrogens with zero attached hydrogens (tertiary/aromatic N) is 2. The fraction of sp³-hybridized carbons (Fsp3) is 0.500. The van der Waals surface area contributed by atoms with Gasteiger partial charge in [-0.3, -0.25) is 9.69 Å². The maximum Gasteiger partial charge on any atom is 0.323 e. The molecule has 1 atom stereocenters. The fourth-order valence-corrected chi connectivity index (χ4v) is 3.49. The first-order valence-electron chi connectivity index (χ1n) is 7.50. The summed E-state index contributed by atoms with van der Waals surface area (Å²) in [6, 6.07) is 1.83. The molecule has 1 aliphatic rings. The second-order valence-electron chi connectivity index (χ2n) is 5.54. The zero-order chi connectivity index (χ0) is 15.5. The summed E-state index contributed by atoms with van der Waals surface area (Å²) >= 11 is 1.62. The molecule has 22 heavy (non-hydrogen) atoms. The van der Waals surface area contributed by atoms with Gasteiger partial charge in [0.1, 0.15) is 11.8 Å². The van der Waals surface area contributed by atoms with Crippen molar-refractivity contribution < 1.29 is 13.9 Å². The Morgan fingerprint density at radius 2 is 2.41 bits per heavy atom. The van der Waals surface area contributed by atoms with Gasteiger partial charge >= 0.3 is 5.97 Å². The van der Waals surface area contributed by atoms with Gasteiger partial charge in [-0.25, -0.2) is 4.98 Å². The molecular formula is C16H20N2O3S. The van der Waals surface area contributed by atoms with Crippen LogP contribution in [0.3, 0.4) is 0 Å². The number of ether oxygens (including phenoxy) is 1. The highest BCUT2D eigenvalue weighted by molar-refractivity contribution is 7.08. The predicted molar refractivity (Wildman–Crippen MR) is 84.6 cm³/mol. The van der Waals surface area contributed by atoms with Crippen LogP contribution in [0.1, 0.15) is 30.7 Å².